The van der Waals surface area contributed by atoms with Crippen LogP contribution in [0.1, 0.15) is 23.2 Å². The first-order valence-electron chi connectivity index (χ1n) is 8.50. The molecule has 2 heterocycles. The van der Waals surface area contributed by atoms with Crippen molar-refractivity contribution in [2.45, 2.75) is 23.3 Å². The minimum absolute atomic E-state index is 0.0235. The van der Waals surface area contributed by atoms with Gasteiger partial charge in [-0.15, -0.1) is 0 Å². The summed E-state index contributed by atoms with van der Waals surface area (Å²) in [6, 6.07) is 10.5. The normalized spacial score (nSPS) is 22.5. The first kappa shape index (κ1) is 17.9. The number of carbonyl (C=O) groups excluding carboxylic acids is 1. The summed E-state index contributed by atoms with van der Waals surface area (Å²) in [6.45, 7) is 0.245. The molecular formula is C19H18FNO5S. The smallest absolute Gasteiger partial charge is 0.243 e. The van der Waals surface area contributed by atoms with Gasteiger partial charge in [-0.3, -0.25) is 4.79 Å². The molecular weight excluding hydrogens is 373 g/mol. The Bertz CT molecular complexity index is 1020. The van der Waals surface area contributed by atoms with Gasteiger partial charge in [-0.05, 0) is 30.3 Å². The van der Waals surface area contributed by atoms with Crippen molar-refractivity contribution in [2.24, 2.45) is 0 Å². The van der Waals surface area contributed by atoms with Gasteiger partial charge in [-0.2, -0.15) is 4.31 Å². The highest BCUT2D eigenvalue weighted by atomic mass is 32.2. The number of sulfonamides is 1. The van der Waals surface area contributed by atoms with Crippen LogP contribution in [0.2, 0.25) is 0 Å². The molecule has 1 unspecified atom stereocenters. The van der Waals surface area contributed by atoms with E-state index >= 15 is 0 Å². The molecule has 142 valence electrons. The number of fused-ring (bicyclic) bond motifs is 1. The number of halogens is 1. The minimum Gasteiger partial charge on any atom is -0.494 e. The third-order valence-electron chi connectivity index (χ3n) is 5.04. The van der Waals surface area contributed by atoms with Crippen LogP contribution >= 0.6 is 0 Å². The van der Waals surface area contributed by atoms with Gasteiger partial charge in [0.15, 0.2) is 17.3 Å². The van der Waals surface area contributed by atoms with Crippen molar-refractivity contribution >= 4 is 15.8 Å². The van der Waals surface area contributed by atoms with Gasteiger partial charge in [-0.1, -0.05) is 12.1 Å². The summed E-state index contributed by atoms with van der Waals surface area (Å²) in [6.07, 6.45) is 0.512. The lowest BCUT2D eigenvalue weighted by molar-refractivity contribution is 0.0498. The second-order valence-corrected chi connectivity index (χ2v) is 8.70. The summed E-state index contributed by atoms with van der Waals surface area (Å²) in [7, 11) is -2.60. The monoisotopic (exact) mass is 391 g/mol. The number of hydrogen-bond donors (Lipinski definition) is 0. The van der Waals surface area contributed by atoms with Gasteiger partial charge in [0.25, 0.3) is 0 Å². The highest BCUT2D eigenvalue weighted by Crippen LogP contribution is 2.40. The fourth-order valence-electron chi connectivity index (χ4n) is 3.64. The molecule has 0 amide bonds. The molecule has 1 saturated heterocycles. The Balaban J connectivity index is 1.61. The van der Waals surface area contributed by atoms with E-state index in [-0.39, 0.29) is 35.9 Å². The molecule has 2 aromatic rings. The van der Waals surface area contributed by atoms with E-state index in [4.69, 9.17) is 9.47 Å². The largest absolute Gasteiger partial charge is 0.494 e. The average Bonchev–Trinajstić information content (AvgIpc) is 3.05. The number of benzene rings is 2. The fourth-order valence-corrected chi connectivity index (χ4v) is 5.17. The van der Waals surface area contributed by atoms with Crippen molar-refractivity contribution in [3.8, 4) is 11.5 Å². The Morgan fingerprint density at radius 2 is 2.00 bits per heavy atom. The van der Waals surface area contributed by atoms with Crippen molar-refractivity contribution in [1.29, 1.82) is 0 Å². The molecule has 1 fully saturated rings. The van der Waals surface area contributed by atoms with Crippen LogP contribution in [-0.4, -0.2) is 44.3 Å². The van der Waals surface area contributed by atoms with Crippen LogP contribution < -0.4 is 9.47 Å². The van der Waals surface area contributed by atoms with Crippen molar-refractivity contribution in [1.82, 2.24) is 4.31 Å². The van der Waals surface area contributed by atoms with E-state index < -0.39 is 21.4 Å². The molecule has 0 bridgehead atoms. The van der Waals surface area contributed by atoms with Crippen LogP contribution in [0, 0.1) is 5.82 Å². The summed E-state index contributed by atoms with van der Waals surface area (Å²) in [4.78, 5) is 12.3. The first-order chi connectivity index (χ1) is 12.8. The van der Waals surface area contributed by atoms with Crippen LogP contribution in [0.15, 0.2) is 47.4 Å². The van der Waals surface area contributed by atoms with Gasteiger partial charge in [0.2, 0.25) is 10.0 Å². The number of ketones is 1. The Morgan fingerprint density at radius 3 is 2.74 bits per heavy atom. The van der Waals surface area contributed by atoms with Crippen LogP contribution in [-0.2, 0) is 10.0 Å². The van der Waals surface area contributed by atoms with E-state index in [2.05, 4.69) is 0 Å². The predicted molar refractivity (Wildman–Crippen MR) is 95.1 cm³/mol. The number of Topliss-reactive ketones (excluding diaryl/α,β-unsaturated/α-hetero) is 1. The minimum atomic E-state index is -3.91. The van der Waals surface area contributed by atoms with Gasteiger partial charge in [-0.25, -0.2) is 12.8 Å². The van der Waals surface area contributed by atoms with Crippen LogP contribution in [0.5, 0.6) is 11.5 Å². The summed E-state index contributed by atoms with van der Waals surface area (Å²) >= 11 is 0. The number of methoxy groups -OCH3 is 1. The summed E-state index contributed by atoms with van der Waals surface area (Å²) in [5.41, 5.74) is -0.370. The summed E-state index contributed by atoms with van der Waals surface area (Å²) < 4.78 is 51.9. The summed E-state index contributed by atoms with van der Waals surface area (Å²) in [5.74, 6) is -0.356. The number of ether oxygens (including phenoxy) is 2. The van der Waals surface area contributed by atoms with Crippen LogP contribution in [0.4, 0.5) is 4.39 Å². The maximum atomic E-state index is 14.0. The topological polar surface area (TPSA) is 72.9 Å². The predicted octanol–water partition coefficient (Wildman–Crippen LogP) is 2.63. The maximum absolute atomic E-state index is 14.0. The van der Waals surface area contributed by atoms with E-state index in [1.165, 1.54) is 23.5 Å². The van der Waals surface area contributed by atoms with Crippen LogP contribution in [0.25, 0.3) is 0 Å². The molecule has 0 aromatic heterocycles. The second-order valence-electron chi connectivity index (χ2n) is 6.77. The van der Waals surface area contributed by atoms with Crippen molar-refractivity contribution in [3.05, 3.63) is 53.8 Å². The van der Waals surface area contributed by atoms with E-state index in [0.717, 1.165) is 6.07 Å². The zero-order valence-electron chi connectivity index (χ0n) is 14.6. The quantitative estimate of drug-likeness (QED) is 0.804. The SMILES string of the molecule is COc1ccc(S(=O)(=O)N2CCC3(CC(=O)c4ccccc4O3)C2)cc1F. The Hall–Kier alpha value is -2.45. The molecule has 0 radical (unpaired) electrons. The van der Waals surface area contributed by atoms with Gasteiger partial charge >= 0.3 is 0 Å². The molecule has 4 rings (SSSR count). The highest BCUT2D eigenvalue weighted by molar-refractivity contribution is 7.89. The molecule has 1 spiro atoms. The Labute approximate surface area is 156 Å². The van der Waals surface area contributed by atoms with Gasteiger partial charge in [0, 0.05) is 13.0 Å². The van der Waals surface area contributed by atoms with E-state index in [9.17, 15) is 17.6 Å². The number of carbonyl (C=O) groups is 1. The summed E-state index contributed by atoms with van der Waals surface area (Å²) in [5, 5.41) is 0. The number of hydrogen-bond acceptors (Lipinski definition) is 5. The first-order valence-corrected chi connectivity index (χ1v) is 9.94. The maximum Gasteiger partial charge on any atom is 0.243 e. The molecule has 2 aliphatic heterocycles. The van der Waals surface area contributed by atoms with E-state index in [0.29, 0.717) is 17.7 Å². The van der Waals surface area contributed by atoms with Gasteiger partial charge in [0.1, 0.15) is 11.4 Å². The van der Waals surface area contributed by atoms with Gasteiger partial charge in [0.05, 0.1) is 30.5 Å². The number of para-hydroxylation sites is 1. The molecule has 0 saturated carbocycles. The van der Waals surface area contributed by atoms with E-state index in [1.54, 1.807) is 24.3 Å². The van der Waals surface area contributed by atoms with Gasteiger partial charge < -0.3 is 9.47 Å². The zero-order chi connectivity index (χ0) is 19.2. The second kappa shape index (κ2) is 6.31. The highest BCUT2D eigenvalue weighted by Gasteiger charge is 2.48. The standard InChI is InChI=1S/C19H18FNO5S/c1-25-18-7-6-13(10-15(18)20)27(23,24)21-9-8-19(12-21)11-16(22)14-4-2-3-5-17(14)26-19/h2-7,10H,8-9,11-12H2,1H3. The van der Waals surface area contributed by atoms with Crippen molar-refractivity contribution in [2.75, 3.05) is 20.2 Å². The molecule has 27 heavy (non-hydrogen) atoms. The fraction of sp³-hybridized carbons (Fsp3) is 0.316. The molecule has 2 aromatic carbocycles. The zero-order valence-corrected chi connectivity index (χ0v) is 15.5. The Morgan fingerprint density at radius 1 is 1.22 bits per heavy atom. The molecule has 1 atom stereocenters. The molecule has 2 aliphatic rings. The van der Waals surface area contributed by atoms with Crippen LogP contribution in [0.3, 0.4) is 0 Å². The number of nitrogens with zero attached hydrogens (tertiary/aromatic N) is 1. The lowest BCUT2D eigenvalue weighted by Gasteiger charge is -2.34. The molecule has 0 aliphatic carbocycles. The molecule has 6 nitrogen and oxygen atoms in total. The van der Waals surface area contributed by atoms with E-state index in [1.807, 2.05) is 0 Å². The average molecular weight is 391 g/mol. The number of rotatable bonds is 3. The lowest BCUT2D eigenvalue weighted by atomic mass is 9.89. The lowest BCUT2D eigenvalue weighted by Crippen LogP contribution is -2.45. The molecule has 0 N–H and O–H groups in total. The third kappa shape index (κ3) is 2.98. The van der Waals surface area contributed by atoms with Crippen molar-refractivity contribution < 1.29 is 27.1 Å². The molecule has 8 heteroatoms. The Kier molecular flexibility index (Phi) is 4.20. The van der Waals surface area contributed by atoms with Crippen molar-refractivity contribution in [3.63, 3.8) is 0 Å². The third-order valence-corrected chi connectivity index (χ3v) is 6.88.